The van der Waals surface area contributed by atoms with Crippen LogP contribution in [0.1, 0.15) is 18.9 Å². The highest BCUT2D eigenvalue weighted by Gasteiger charge is 2.09. The van der Waals surface area contributed by atoms with Gasteiger partial charge in [0.05, 0.1) is 5.69 Å². The molecule has 0 radical (unpaired) electrons. The average Bonchev–Trinajstić information content (AvgIpc) is 2.60. The fourth-order valence-electron chi connectivity index (χ4n) is 2.01. The number of hydrogen-bond donors (Lipinski definition) is 1. The van der Waals surface area contributed by atoms with Crippen molar-refractivity contribution in [3.63, 3.8) is 0 Å². The van der Waals surface area contributed by atoms with E-state index in [0.717, 1.165) is 24.0 Å². The maximum Gasteiger partial charge on any atom is 0.237 e. The molecule has 3 nitrogen and oxygen atoms in total. The molecule has 1 N–H and O–H groups in total. The third-order valence-electron chi connectivity index (χ3n) is 2.84. The molecule has 0 atom stereocenters. The van der Waals surface area contributed by atoms with Crippen LogP contribution in [0.3, 0.4) is 0 Å². The van der Waals surface area contributed by atoms with E-state index in [1.807, 2.05) is 18.2 Å². The number of carbonyl (C=O) groups is 1. The van der Waals surface area contributed by atoms with Crippen LogP contribution in [0.25, 0.3) is 11.1 Å². The highest BCUT2D eigenvalue weighted by Crippen LogP contribution is 2.30. The van der Waals surface area contributed by atoms with Crippen molar-refractivity contribution in [2.45, 2.75) is 19.8 Å². The Labute approximate surface area is 101 Å². The summed E-state index contributed by atoms with van der Waals surface area (Å²) < 4.78 is 0. The lowest BCUT2D eigenvalue weighted by atomic mass is 10.1. The minimum absolute atomic E-state index is 0.392. The second-order valence-electron chi connectivity index (χ2n) is 4.02. The summed E-state index contributed by atoms with van der Waals surface area (Å²) in [4.78, 5) is 10.6. The molecule has 88 valence electrons. The van der Waals surface area contributed by atoms with E-state index in [1.54, 1.807) is 6.07 Å². The summed E-state index contributed by atoms with van der Waals surface area (Å²) in [6, 6.07) is 11.5. The summed E-state index contributed by atoms with van der Waals surface area (Å²) >= 11 is 0. The molecule has 0 unspecified atom stereocenters. The van der Waals surface area contributed by atoms with Gasteiger partial charge in [0.25, 0.3) is 0 Å². The molecule has 17 heavy (non-hydrogen) atoms. The Morgan fingerprint density at radius 3 is 2.82 bits per heavy atom. The van der Waals surface area contributed by atoms with E-state index in [1.165, 1.54) is 5.56 Å². The highest BCUT2D eigenvalue weighted by atomic mass is 16.5. The summed E-state index contributed by atoms with van der Waals surface area (Å²) in [6.07, 6.45) is 2.46. The number of anilines is 1. The first-order chi connectivity index (χ1) is 8.26. The van der Waals surface area contributed by atoms with Crippen molar-refractivity contribution in [2.75, 3.05) is 5.06 Å². The zero-order valence-corrected chi connectivity index (χ0v) is 9.76. The molecule has 0 spiro atoms. The standard InChI is InChI=1S/C14H15NO2/c1-2-4-11-7-8-12-5-3-6-13(9-14(11)12)15(17)10-16/h3,5-10,17H,2,4H2,1H3. The van der Waals surface area contributed by atoms with Crippen molar-refractivity contribution in [1.29, 1.82) is 0 Å². The van der Waals surface area contributed by atoms with Gasteiger partial charge in [0, 0.05) is 0 Å². The lowest BCUT2D eigenvalue weighted by Gasteiger charge is -2.07. The normalized spacial score (nSPS) is 10.5. The fraction of sp³-hybridized carbons (Fsp3) is 0.214. The molecule has 0 heterocycles. The van der Waals surface area contributed by atoms with Crippen LogP contribution >= 0.6 is 0 Å². The molecule has 2 aliphatic rings. The number of rotatable bonds is 4. The summed E-state index contributed by atoms with van der Waals surface area (Å²) in [5.41, 5.74) is 3.95. The third kappa shape index (κ3) is 2.29. The second kappa shape index (κ2) is 4.97. The molecule has 0 aliphatic heterocycles. The van der Waals surface area contributed by atoms with E-state index in [4.69, 9.17) is 0 Å². The van der Waals surface area contributed by atoms with Gasteiger partial charge in [-0.25, -0.2) is 0 Å². The third-order valence-corrected chi connectivity index (χ3v) is 2.84. The van der Waals surface area contributed by atoms with Crippen LogP contribution in [0.2, 0.25) is 0 Å². The lowest BCUT2D eigenvalue weighted by Crippen LogP contribution is -2.13. The summed E-state index contributed by atoms with van der Waals surface area (Å²) in [5, 5.41) is 10.0. The summed E-state index contributed by atoms with van der Waals surface area (Å²) in [5.74, 6) is 0. The predicted octanol–water partition coefficient (Wildman–Crippen LogP) is 3.10. The van der Waals surface area contributed by atoms with E-state index < -0.39 is 0 Å². The zero-order valence-electron chi connectivity index (χ0n) is 9.76. The Balaban J connectivity index is 2.51. The molecule has 1 amide bonds. The summed E-state index contributed by atoms with van der Waals surface area (Å²) in [6.45, 7) is 2.13. The minimum atomic E-state index is 0.392. The van der Waals surface area contributed by atoms with E-state index in [0.29, 0.717) is 17.2 Å². The number of carbonyl (C=O) groups excluding carboxylic acids is 1. The van der Waals surface area contributed by atoms with E-state index in [2.05, 4.69) is 19.1 Å². The van der Waals surface area contributed by atoms with Crippen molar-refractivity contribution in [1.82, 2.24) is 0 Å². The van der Waals surface area contributed by atoms with Gasteiger partial charge in [0.1, 0.15) is 0 Å². The van der Waals surface area contributed by atoms with Gasteiger partial charge in [-0.15, -0.1) is 0 Å². The summed E-state index contributed by atoms with van der Waals surface area (Å²) in [7, 11) is 0. The largest absolute Gasteiger partial charge is 0.281 e. The van der Waals surface area contributed by atoms with Crippen LogP contribution in [0.15, 0.2) is 36.4 Å². The quantitative estimate of drug-likeness (QED) is 0.497. The maximum atomic E-state index is 10.6. The van der Waals surface area contributed by atoms with Gasteiger partial charge >= 0.3 is 0 Å². The van der Waals surface area contributed by atoms with Crippen molar-refractivity contribution in [3.8, 4) is 11.1 Å². The fourth-order valence-corrected chi connectivity index (χ4v) is 2.01. The zero-order chi connectivity index (χ0) is 12.3. The number of nitrogens with zero attached hydrogens (tertiary/aromatic N) is 1. The van der Waals surface area contributed by atoms with Crippen LogP contribution in [-0.4, -0.2) is 11.6 Å². The number of amides is 1. The first-order valence-corrected chi connectivity index (χ1v) is 5.71. The molecule has 3 heteroatoms. The van der Waals surface area contributed by atoms with Crippen LogP contribution < -0.4 is 5.06 Å². The SMILES string of the molecule is CCCc1ccc2cccc(N(O)C=O)cc1-2. The monoisotopic (exact) mass is 229 g/mol. The maximum absolute atomic E-state index is 10.6. The molecule has 0 aromatic heterocycles. The first kappa shape index (κ1) is 11.6. The Kier molecular flexibility index (Phi) is 3.40. The predicted molar refractivity (Wildman–Crippen MR) is 67.4 cm³/mol. The molecule has 0 saturated carbocycles. The van der Waals surface area contributed by atoms with Gasteiger partial charge in [0.2, 0.25) is 6.41 Å². The van der Waals surface area contributed by atoms with Crippen LogP contribution in [0, 0.1) is 0 Å². The molecule has 0 aromatic rings. The Morgan fingerprint density at radius 1 is 1.29 bits per heavy atom. The van der Waals surface area contributed by atoms with Gasteiger partial charge in [-0.2, -0.15) is 5.06 Å². The van der Waals surface area contributed by atoms with E-state index >= 15 is 0 Å². The lowest BCUT2D eigenvalue weighted by molar-refractivity contribution is -0.111. The van der Waals surface area contributed by atoms with Gasteiger partial charge in [-0.05, 0) is 35.2 Å². The van der Waals surface area contributed by atoms with Crippen molar-refractivity contribution in [3.05, 3.63) is 42.0 Å². The molecule has 0 bridgehead atoms. The minimum Gasteiger partial charge on any atom is -0.281 e. The van der Waals surface area contributed by atoms with Crippen LogP contribution in [0.5, 0.6) is 0 Å². The van der Waals surface area contributed by atoms with Crippen molar-refractivity contribution in [2.24, 2.45) is 0 Å². The number of aryl methyl sites for hydroxylation is 1. The van der Waals surface area contributed by atoms with Crippen LogP contribution in [-0.2, 0) is 11.2 Å². The van der Waals surface area contributed by atoms with Gasteiger partial charge in [-0.1, -0.05) is 37.6 Å². The molecule has 0 saturated heterocycles. The molecular weight excluding hydrogens is 214 g/mol. The molecular formula is C14H15NO2. The molecule has 2 rings (SSSR count). The molecule has 0 aromatic carbocycles. The highest BCUT2D eigenvalue weighted by molar-refractivity contribution is 5.78. The van der Waals surface area contributed by atoms with Gasteiger partial charge < -0.3 is 0 Å². The molecule has 2 aliphatic carbocycles. The smallest absolute Gasteiger partial charge is 0.237 e. The number of hydroxylamine groups is 1. The molecule has 0 fully saturated rings. The van der Waals surface area contributed by atoms with E-state index in [-0.39, 0.29) is 0 Å². The Hall–Kier alpha value is -1.87. The number of hydrogen-bond acceptors (Lipinski definition) is 2. The second-order valence-corrected chi connectivity index (χ2v) is 4.02. The average molecular weight is 229 g/mol. The topological polar surface area (TPSA) is 40.5 Å². The first-order valence-electron chi connectivity index (χ1n) is 5.71. The van der Waals surface area contributed by atoms with Crippen molar-refractivity contribution < 1.29 is 10.0 Å². The van der Waals surface area contributed by atoms with Crippen LogP contribution in [0.4, 0.5) is 5.69 Å². The Morgan fingerprint density at radius 2 is 2.12 bits per heavy atom. The van der Waals surface area contributed by atoms with Gasteiger partial charge in [0.15, 0.2) is 0 Å². The van der Waals surface area contributed by atoms with Crippen molar-refractivity contribution >= 4 is 12.1 Å². The van der Waals surface area contributed by atoms with E-state index in [9.17, 15) is 10.0 Å². The van der Waals surface area contributed by atoms with Gasteiger partial charge in [-0.3, -0.25) is 10.0 Å². The Bertz CT molecular complexity index is 496. The number of fused-ring (bicyclic) bond motifs is 1.